The summed E-state index contributed by atoms with van der Waals surface area (Å²) < 4.78 is 68.0. The van der Waals surface area contributed by atoms with Crippen molar-refractivity contribution in [2.24, 2.45) is 0 Å². The Balaban J connectivity index is 2.67. The molecule has 2 aromatic carbocycles. The van der Waals surface area contributed by atoms with Crippen molar-refractivity contribution >= 4 is 27.4 Å². The number of nitrogens with zero attached hydrogens (tertiary/aromatic N) is 1. The maximum absolute atomic E-state index is 13.4. The number of ether oxygens (including phenoxy) is 1. The molecular weight excluding hydrogens is 411 g/mol. The lowest BCUT2D eigenvalue weighted by Crippen LogP contribution is -2.26. The molecule has 0 amide bonds. The minimum Gasteiger partial charge on any atom is -0.550 e. The van der Waals surface area contributed by atoms with Gasteiger partial charge in [0.25, 0.3) is 0 Å². The summed E-state index contributed by atoms with van der Waals surface area (Å²) in [6.07, 6.45) is -1.13. The summed E-state index contributed by atoms with van der Waals surface area (Å²) in [5.41, 5.74) is -1.35. The van der Waals surface area contributed by atoms with E-state index in [1.54, 1.807) is 0 Å². The van der Waals surface area contributed by atoms with Gasteiger partial charge in [-0.15, -0.1) is 0 Å². The van der Waals surface area contributed by atoms with Crippen LogP contribution in [0.15, 0.2) is 35.2 Å². The van der Waals surface area contributed by atoms with E-state index in [1.807, 2.05) is 0 Å². The number of carbonyl (C=O) groups excluding carboxylic acids is 1. The molecule has 0 spiro atoms. The number of benzene rings is 2. The third-order valence-electron chi connectivity index (χ3n) is 3.27. The lowest BCUT2D eigenvalue weighted by Gasteiger charge is -2.16. The number of halogens is 4. The van der Waals surface area contributed by atoms with Crippen LogP contribution in [0, 0.1) is 17.1 Å². The quantitative estimate of drug-likeness (QED) is 0.713. The highest BCUT2D eigenvalue weighted by atomic mass is 35.5. The molecule has 11 heteroatoms. The van der Waals surface area contributed by atoms with Crippen LogP contribution < -0.4 is 9.84 Å². The van der Waals surface area contributed by atoms with Crippen molar-refractivity contribution in [2.45, 2.75) is 17.1 Å². The molecule has 0 saturated carbocycles. The number of sulfone groups is 1. The Morgan fingerprint density at radius 2 is 1.96 bits per heavy atom. The molecule has 6 nitrogen and oxygen atoms in total. The lowest BCUT2D eigenvalue weighted by molar-refractivity contribution is -0.304. The first-order valence-electron chi connectivity index (χ1n) is 6.98. The van der Waals surface area contributed by atoms with Crippen molar-refractivity contribution < 1.29 is 36.2 Å². The van der Waals surface area contributed by atoms with E-state index >= 15 is 0 Å². The zero-order valence-electron chi connectivity index (χ0n) is 13.1. The Bertz CT molecular complexity index is 1030. The van der Waals surface area contributed by atoms with Crippen LogP contribution in [-0.4, -0.2) is 20.1 Å². The maximum Gasteiger partial charge on any atom is 0.341 e. The highest BCUT2D eigenvalue weighted by Gasteiger charge is 2.31. The van der Waals surface area contributed by atoms with Gasteiger partial charge in [0, 0.05) is 23.5 Å². The third-order valence-corrected chi connectivity index (χ3v) is 4.95. The summed E-state index contributed by atoms with van der Waals surface area (Å²) >= 11 is 5.68. The minimum absolute atomic E-state index is 0.0460. The fourth-order valence-electron chi connectivity index (χ4n) is 2.21. The van der Waals surface area contributed by atoms with Crippen LogP contribution in [0.4, 0.5) is 13.2 Å². The smallest absolute Gasteiger partial charge is 0.341 e. The van der Waals surface area contributed by atoms with E-state index in [4.69, 9.17) is 16.3 Å². The minimum atomic E-state index is -5.20. The van der Waals surface area contributed by atoms with Gasteiger partial charge >= 0.3 is 5.76 Å². The summed E-state index contributed by atoms with van der Waals surface area (Å²) in [6.45, 7) is 0. The molecule has 2 rings (SSSR count). The van der Waals surface area contributed by atoms with Crippen molar-refractivity contribution in [3.05, 3.63) is 52.3 Å². The van der Waals surface area contributed by atoms with Gasteiger partial charge in [-0.25, -0.2) is 12.8 Å². The number of aliphatic carboxylic acids is 1. The van der Waals surface area contributed by atoms with E-state index in [1.165, 1.54) is 12.1 Å². The number of nitriles is 1. The number of alkyl halides is 2. The molecule has 0 aliphatic heterocycles. The highest BCUT2D eigenvalue weighted by molar-refractivity contribution is 7.91. The van der Waals surface area contributed by atoms with Gasteiger partial charge in [-0.1, -0.05) is 11.6 Å². The van der Waals surface area contributed by atoms with E-state index in [0.717, 1.165) is 18.2 Å². The molecule has 0 radical (unpaired) electrons. The Morgan fingerprint density at radius 3 is 2.48 bits per heavy atom. The van der Waals surface area contributed by atoms with Crippen molar-refractivity contribution in [1.82, 2.24) is 0 Å². The highest BCUT2D eigenvalue weighted by Crippen LogP contribution is 2.34. The number of carboxylic acids is 1. The fourth-order valence-corrected chi connectivity index (χ4v) is 3.39. The van der Waals surface area contributed by atoms with Crippen LogP contribution >= 0.6 is 11.6 Å². The van der Waals surface area contributed by atoms with E-state index in [9.17, 15) is 36.8 Å². The summed E-state index contributed by atoms with van der Waals surface area (Å²) in [4.78, 5) is 9.90. The van der Waals surface area contributed by atoms with Crippen molar-refractivity contribution in [3.8, 4) is 17.6 Å². The lowest BCUT2D eigenvalue weighted by atomic mass is 10.0. The van der Waals surface area contributed by atoms with Gasteiger partial charge < -0.3 is 14.6 Å². The third kappa shape index (κ3) is 4.50. The molecular formula is C16H8ClF3NO5S-. The van der Waals surface area contributed by atoms with Gasteiger partial charge in [0.05, 0.1) is 10.5 Å². The second kappa shape index (κ2) is 7.85. The first kappa shape index (κ1) is 20.5. The molecule has 142 valence electrons. The maximum atomic E-state index is 13.4. The Kier molecular flexibility index (Phi) is 5.98. The average Bonchev–Trinajstić information content (AvgIpc) is 2.53. The molecule has 0 heterocycles. The Morgan fingerprint density at radius 1 is 1.30 bits per heavy atom. The summed E-state index contributed by atoms with van der Waals surface area (Å²) in [6, 6.07) is 6.12. The summed E-state index contributed by atoms with van der Waals surface area (Å²) in [7, 11) is -5.20. The predicted molar refractivity (Wildman–Crippen MR) is 84.5 cm³/mol. The van der Waals surface area contributed by atoms with E-state index in [-0.39, 0.29) is 16.5 Å². The normalized spacial score (nSPS) is 11.3. The van der Waals surface area contributed by atoms with Crippen molar-refractivity contribution in [2.75, 3.05) is 0 Å². The molecule has 0 saturated heterocycles. The van der Waals surface area contributed by atoms with Gasteiger partial charge in [0.2, 0.25) is 9.84 Å². The van der Waals surface area contributed by atoms with Gasteiger partial charge in [0.1, 0.15) is 23.4 Å². The van der Waals surface area contributed by atoms with Crippen LogP contribution in [0.2, 0.25) is 5.02 Å². The molecule has 0 aromatic heterocycles. The van der Waals surface area contributed by atoms with E-state index in [2.05, 4.69) is 0 Å². The summed E-state index contributed by atoms with van der Waals surface area (Å²) in [5.74, 6) is -6.96. The van der Waals surface area contributed by atoms with Gasteiger partial charge in [-0.3, -0.25) is 0 Å². The number of rotatable bonds is 6. The fraction of sp³-hybridized carbons (Fsp3) is 0.125. The van der Waals surface area contributed by atoms with Crippen LogP contribution in [0.25, 0.3) is 0 Å². The largest absolute Gasteiger partial charge is 0.550 e. The van der Waals surface area contributed by atoms with E-state index < -0.39 is 49.8 Å². The molecule has 0 fully saturated rings. The number of carbonyl (C=O) groups is 1. The van der Waals surface area contributed by atoms with Crippen LogP contribution in [0.1, 0.15) is 11.1 Å². The Labute approximate surface area is 156 Å². The molecule has 2 aromatic rings. The monoisotopic (exact) mass is 418 g/mol. The molecule has 0 N–H and O–H groups in total. The zero-order valence-corrected chi connectivity index (χ0v) is 14.7. The Hall–Kier alpha value is -2.77. The van der Waals surface area contributed by atoms with Gasteiger partial charge in [0.15, 0.2) is 0 Å². The van der Waals surface area contributed by atoms with Crippen LogP contribution in [0.5, 0.6) is 11.5 Å². The molecule has 0 aliphatic carbocycles. The summed E-state index contributed by atoms with van der Waals surface area (Å²) in [5, 5.41) is 20.2. The number of hydrogen-bond acceptors (Lipinski definition) is 6. The SMILES string of the molecule is N#Cc1c(Oc2cc(F)cc(Cl)c2)ccc(S(=O)(=O)C(F)F)c1CC(=O)[O-]. The predicted octanol–water partition coefficient (Wildman–Crippen LogP) is 2.43. The molecule has 0 aliphatic rings. The first-order valence-corrected chi connectivity index (χ1v) is 8.90. The second-order valence-electron chi connectivity index (χ2n) is 5.09. The standard InChI is InChI=1S/C16H9ClF3NO5S/c17-8-3-9(18)5-10(4-8)26-13-1-2-14(27(24,25)16(19)20)11(6-15(22)23)12(13)7-21/h1-5,16H,6H2,(H,22,23)/p-1. The number of hydrogen-bond donors (Lipinski definition) is 0. The zero-order chi connectivity index (χ0) is 20.4. The van der Waals surface area contributed by atoms with Crippen molar-refractivity contribution in [1.29, 1.82) is 5.26 Å². The molecule has 27 heavy (non-hydrogen) atoms. The van der Waals surface area contributed by atoms with Gasteiger partial charge in [-0.05, 0) is 29.8 Å². The van der Waals surface area contributed by atoms with Crippen LogP contribution in [0.3, 0.4) is 0 Å². The molecule has 0 unspecified atom stereocenters. The average molecular weight is 419 g/mol. The second-order valence-corrected chi connectivity index (χ2v) is 7.41. The first-order chi connectivity index (χ1) is 12.6. The van der Waals surface area contributed by atoms with Crippen molar-refractivity contribution in [3.63, 3.8) is 0 Å². The number of carboxylic acid groups (broad SMARTS) is 1. The van der Waals surface area contributed by atoms with E-state index in [0.29, 0.717) is 6.07 Å². The molecule has 0 bridgehead atoms. The molecule has 0 atom stereocenters. The van der Waals surface area contributed by atoms with Gasteiger partial charge in [-0.2, -0.15) is 14.0 Å². The van der Waals surface area contributed by atoms with Crippen LogP contribution in [-0.2, 0) is 21.1 Å². The topological polar surface area (TPSA) is 107 Å².